The Balaban J connectivity index is 1.96. The van der Waals surface area contributed by atoms with E-state index in [1.807, 2.05) is 42.5 Å². The number of carbonyl (C=O) groups excluding carboxylic acids is 1. The molecule has 0 bridgehead atoms. The van der Waals surface area contributed by atoms with Gasteiger partial charge in [0, 0.05) is 12.4 Å². The second-order valence-corrected chi connectivity index (χ2v) is 7.51. The summed E-state index contributed by atoms with van der Waals surface area (Å²) in [4.78, 5) is 35.3. The van der Waals surface area contributed by atoms with Crippen molar-refractivity contribution in [3.8, 4) is 0 Å². The molecule has 1 unspecified atom stereocenters. The SMILES string of the molecule is CCOC(=O)C1=C(C)N=c2s/c(=C\c3cccnc3)c(=O)n2C1c1ccccc1. The number of allylic oxidation sites excluding steroid dienone is 1. The third-order valence-electron chi connectivity index (χ3n) is 4.61. The smallest absolute Gasteiger partial charge is 0.338 e. The molecule has 6 nitrogen and oxygen atoms in total. The molecule has 2 aromatic heterocycles. The van der Waals surface area contributed by atoms with Crippen LogP contribution in [0, 0.1) is 0 Å². The van der Waals surface area contributed by atoms with Gasteiger partial charge in [0.1, 0.15) is 0 Å². The Hall–Kier alpha value is -3.32. The number of carbonyl (C=O) groups is 1. The summed E-state index contributed by atoms with van der Waals surface area (Å²) < 4.78 is 7.40. The molecule has 146 valence electrons. The summed E-state index contributed by atoms with van der Waals surface area (Å²) in [6.07, 6.45) is 5.17. The van der Waals surface area contributed by atoms with Crippen molar-refractivity contribution in [1.82, 2.24) is 9.55 Å². The first-order valence-electron chi connectivity index (χ1n) is 9.24. The van der Waals surface area contributed by atoms with Crippen LogP contribution < -0.4 is 14.9 Å². The lowest BCUT2D eigenvalue weighted by molar-refractivity contribution is -0.139. The minimum absolute atomic E-state index is 0.194. The number of rotatable bonds is 4. The van der Waals surface area contributed by atoms with Crippen LogP contribution in [0.15, 0.2) is 75.9 Å². The molecule has 0 amide bonds. The highest BCUT2D eigenvalue weighted by Crippen LogP contribution is 2.30. The van der Waals surface area contributed by atoms with Gasteiger partial charge in [-0.25, -0.2) is 9.79 Å². The van der Waals surface area contributed by atoms with Crippen LogP contribution in [0.3, 0.4) is 0 Å². The molecule has 0 fully saturated rings. The maximum atomic E-state index is 13.3. The summed E-state index contributed by atoms with van der Waals surface area (Å²) >= 11 is 1.30. The maximum absolute atomic E-state index is 13.3. The highest BCUT2D eigenvalue weighted by Gasteiger charge is 2.33. The second kappa shape index (κ2) is 7.97. The Kier molecular flexibility index (Phi) is 5.22. The largest absolute Gasteiger partial charge is 0.463 e. The van der Waals surface area contributed by atoms with Crippen LogP contribution in [0.25, 0.3) is 6.08 Å². The first kappa shape index (κ1) is 19.0. The molecule has 1 aliphatic rings. The molecule has 1 aromatic carbocycles. The Labute approximate surface area is 171 Å². The summed E-state index contributed by atoms with van der Waals surface area (Å²) in [5.74, 6) is -0.454. The topological polar surface area (TPSA) is 73.6 Å². The number of aromatic nitrogens is 2. The molecule has 4 rings (SSSR count). The van der Waals surface area contributed by atoms with E-state index in [1.165, 1.54) is 11.3 Å². The van der Waals surface area contributed by atoms with E-state index < -0.39 is 12.0 Å². The minimum atomic E-state index is -0.581. The molecule has 1 aliphatic heterocycles. The molecule has 0 aliphatic carbocycles. The van der Waals surface area contributed by atoms with Gasteiger partial charge in [-0.2, -0.15) is 0 Å². The second-order valence-electron chi connectivity index (χ2n) is 6.50. The van der Waals surface area contributed by atoms with Gasteiger partial charge < -0.3 is 4.74 Å². The van der Waals surface area contributed by atoms with E-state index in [2.05, 4.69) is 9.98 Å². The Bertz CT molecular complexity index is 1260. The summed E-state index contributed by atoms with van der Waals surface area (Å²) in [7, 11) is 0. The molecular formula is C22H19N3O3S. The maximum Gasteiger partial charge on any atom is 0.338 e. The Morgan fingerprint density at radius 3 is 2.72 bits per heavy atom. The van der Waals surface area contributed by atoms with Gasteiger partial charge in [0.05, 0.1) is 28.5 Å². The van der Waals surface area contributed by atoms with Crippen molar-refractivity contribution in [3.63, 3.8) is 0 Å². The molecule has 0 saturated heterocycles. The number of fused-ring (bicyclic) bond motifs is 1. The van der Waals surface area contributed by atoms with E-state index in [0.717, 1.165) is 11.1 Å². The number of benzene rings is 1. The zero-order valence-corrected chi connectivity index (χ0v) is 16.8. The zero-order valence-electron chi connectivity index (χ0n) is 16.0. The predicted molar refractivity (Wildman–Crippen MR) is 111 cm³/mol. The molecule has 3 heterocycles. The van der Waals surface area contributed by atoms with Crippen molar-refractivity contribution in [2.75, 3.05) is 6.61 Å². The lowest BCUT2D eigenvalue weighted by Gasteiger charge is -2.24. The van der Waals surface area contributed by atoms with Gasteiger partial charge >= 0.3 is 5.97 Å². The fraction of sp³-hybridized carbons (Fsp3) is 0.182. The Morgan fingerprint density at radius 2 is 2.03 bits per heavy atom. The molecule has 0 radical (unpaired) electrons. The number of thiazole rings is 1. The first-order valence-corrected chi connectivity index (χ1v) is 10.1. The van der Waals surface area contributed by atoms with Gasteiger partial charge in [-0.15, -0.1) is 0 Å². The summed E-state index contributed by atoms with van der Waals surface area (Å²) in [5, 5.41) is 0. The number of hydrogen-bond donors (Lipinski definition) is 0. The third kappa shape index (κ3) is 3.56. The van der Waals surface area contributed by atoms with Crippen LogP contribution in [-0.2, 0) is 9.53 Å². The van der Waals surface area contributed by atoms with Crippen molar-refractivity contribution in [2.24, 2.45) is 4.99 Å². The lowest BCUT2D eigenvalue weighted by Crippen LogP contribution is -2.39. The van der Waals surface area contributed by atoms with Crippen molar-refractivity contribution >= 4 is 23.4 Å². The first-order chi connectivity index (χ1) is 14.1. The number of esters is 1. The van der Waals surface area contributed by atoms with Gasteiger partial charge in [-0.1, -0.05) is 47.7 Å². The molecule has 0 N–H and O–H groups in total. The van der Waals surface area contributed by atoms with Crippen LogP contribution in [0.2, 0.25) is 0 Å². The number of ether oxygens (including phenoxy) is 1. The lowest BCUT2D eigenvalue weighted by atomic mass is 9.96. The van der Waals surface area contributed by atoms with Crippen LogP contribution in [0.1, 0.15) is 31.0 Å². The minimum Gasteiger partial charge on any atom is -0.463 e. The van der Waals surface area contributed by atoms with E-state index >= 15 is 0 Å². The van der Waals surface area contributed by atoms with E-state index in [4.69, 9.17) is 4.74 Å². The van der Waals surface area contributed by atoms with Gasteiger partial charge in [-0.3, -0.25) is 14.3 Å². The standard InChI is InChI=1S/C22H19N3O3S/c1-3-28-21(27)18-14(2)24-22-25(19(18)16-9-5-4-6-10-16)20(26)17(29-22)12-15-8-7-11-23-13-15/h4-13,19H,3H2,1-2H3/b17-12-. The fourth-order valence-electron chi connectivity index (χ4n) is 3.35. The van der Waals surface area contributed by atoms with E-state index in [9.17, 15) is 9.59 Å². The monoisotopic (exact) mass is 405 g/mol. The van der Waals surface area contributed by atoms with E-state index in [-0.39, 0.29) is 12.2 Å². The summed E-state index contributed by atoms with van der Waals surface area (Å²) in [6.45, 7) is 3.79. The van der Waals surface area contributed by atoms with Gasteiger partial charge in [0.2, 0.25) is 0 Å². The average Bonchev–Trinajstić information content (AvgIpc) is 3.03. The highest BCUT2D eigenvalue weighted by molar-refractivity contribution is 7.07. The Morgan fingerprint density at radius 1 is 1.24 bits per heavy atom. The number of nitrogens with zero attached hydrogens (tertiary/aromatic N) is 3. The highest BCUT2D eigenvalue weighted by atomic mass is 32.1. The molecular weight excluding hydrogens is 386 g/mol. The molecule has 0 spiro atoms. The molecule has 0 saturated carbocycles. The van der Waals surface area contributed by atoms with Crippen LogP contribution in [0.4, 0.5) is 0 Å². The van der Waals surface area contributed by atoms with Gasteiger partial charge in [0.25, 0.3) is 5.56 Å². The number of pyridine rings is 1. The fourth-order valence-corrected chi connectivity index (χ4v) is 4.40. The number of hydrogen-bond acceptors (Lipinski definition) is 6. The van der Waals surface area contributed by atoms with Crippen molar-refractivity contribution in [2.45, 2.75) is 19.9 Å². The van der Waals surface area contributed by atoms with Gasteiger partial charge in [0.15, 0.2) is 4.80 Å². The predicted octanol–water partition coefficient (Wildman–Crippen LogP) is 2.19. The van der Waals surface area contributed by atoms with Crippen LogP contribution >= 0.6 is 11.3 Å². The normalized spacial score (nSPS) is 16.3. The quantitative estimate of drug-likeness (QED) is 0.624. The van der Waals surface area contributed by atoms with E-state index in [0.29, 0.717) is 20.6 Å². The summed E-state index contributed by atoms with van der Waals surface area (Å²) in [5.41, 5.74) is 2.42. The van der Waals surface area contributed by atoms with Crippen molar-refractivity contribution in [3.05, 3.63) is 96.9 Å². The molecule has 29 heavy (non-hydrogen) atoms. The molecule has 7 heteroatoms. The average molecular weight is 405 g/mol. The third-order valence-corrected chi connectivity index (χ3v) is 5.60. The summed E-state index contributed by atoms with van der Waals surface area (Å²) in [6, 6.07) is 12.6. The van der Waals surface area contributed by atoms with E-state index in [1.54, 1.807) is 36.9 Å². The van der Waals surface area contributed by atoms with Crippen LogP contribution in [0.5, 0.6) is 0 Å². The molecule has 1 atom stereocenters. The van der Waals surface area contributed by atoms with Crippen molar-refractivity contribution < 1.29 is 9.53 Å². The van der Waals surface area contributed by atoms with Gasteiger partial charge in [-0.05, 0) is 37.1 Å². The van der Waals surface area contributed by atoms with Crippen LogP contribution in [-0.4, -0.2) is 22.1 Å². The molecule has 3 aromatic rings. The zero-order chi connectivity index (χ0) is 20.4. The van der Waals surface area contributed by atoms with Crippen molar-refractivity contribution in [1.29, 1.82) is 0 Å².